The highest BCUT2D eigenvalue weighted by Gasteiger charge is 2.07. The van der Waals surface area contributed by atoms with Crippen LogP contribution in [-0.2, 0) is 4.79 Å². The number of nitrogens with one attached hydrogen (secondary N) is 1. The van der Waals surface area contributed by atoms with E-state index in [0.29, 0.717) is 5.69 Å². The Kier molecular flexibility index (Phi) is 2.95. The van der Waals surface area contributed by atoms with Crippen LogP contribution in [0.1, 0.15) is 0 Å². The maximum Gasteiger partial charge on any atom is 0.247 e. The third kappa shape index (κ3) is 2.36. The maximum absolute atomic E-state index is 13.7. The van der Waals surface area contributed by atoms with E-state index in [0.717, 1.165) is 6.08 Å². The molecule has 0 spiro atoms. The van der Waals surface area contributed by atoms with Crippen molar-refractivity contribution in [2.75, 3.05) is 5.32 Å². The highest BCUT2D eigenvalue weighted by Crippen LogP contribution is 2.17. The smallest absolute Gasteiger partial charge is 0.247 e. The van der Waals surface area contributed by atoms with Crippen LogP contribution in [0.25, 0.3) is 5.69 Å². The molecule has 0 unspecified atom stereocenters. The second-order valence-corrected chi connectivity index (χ2v) is 3.20. The Bertz CT molecular complexity index is 551. The number of carbonyl (C=O) groups is 1. The first-order valence-electron chi connectivity index (χ1n) is 4.78. The number of carbonyl (C=O) groups excluding carboxylic acids is 1. The monoisotopic (exact) mass is 232 g/mol. The Morgan fingerprint density at radius 1 is 1.53 bits per heavy atom. The van der Waals surface area contributed by atoms with Gasteiger partial charge in [-0.25, -0.2) is 14.1 Å². The lowest BCUT2D eigenvalue weighted by Crippen LogP contribution is -2.08. The predicted molar refractivity (Wildman–Crippen MR) is 60.1 cm³/mol. The van der Waals surface area contributed by atoms with Crippen LogP contribution in [0.2, 0.25) is 0 Å². The summed E-state index contributed by atoms with van der Waals surface area (Å²) in [6, 6.07) is 4.28. The summed E-state index contributed by atoms with van der Waals surface area (Å²) in [6.07, 6.45) is 3.82. The lowest BCUT2D eigenvalue weighted by Gasteiger charge is -2.06. The van der Waals surface area contributed by atoms with Crippen LogP contribution >= 0.6 is 0 Å². The van der Waals surface area contributed by atoms with Gasteiger partial charge in [-0.2, -0.15) is 5.10 Å². The summed E-state index contributed by atoms with van der Waals surface area (Å²) >= 11 is 0. The van der Waals surface area contributed by atoms with E-state index in [4.69, 9.17) is 0 Å². The summed E-state index contributed by atoms with van der Waals surface area (Å²) in [6.45, 7) is 3.31. The third-order valence-electron chi connectivity index (χ3n) is 2.07. The van der Waals surface area contributed by atoms with E-state index in [1.54, 1.807) is 6.07 Å². The quantitative estimate of drug-likeness (QED) is 0.816. The van der Waals surface area contributed by atoms with Gasteiger partial charge in [0.15, 0.2) is 5.82 Å². The number of halogens is 1. The van der Waals surface area contributed by atoms with Crippen molar-refractivity contribution in [3.63, 3.8) is 0 Å². The van der Waals surface area contributed by atoms with Crippen molar-refractivity contribution in [3.8, 4) is 5.69 Å². The zero-order chi connectivity index (χ0) is 12.3. The largest absolute Gasteiger partial charge is 0.322 e. The topological polar surface area (TPSA) is 59.8 Å². The van der Waals surface area contributed by atoms with Gasteiger partial charge in [0.2, 0.25) is 5.91 Å². The Morgan fingerprint density at radius 2 is 2.35 bits per heavy atom. The molecule has 17 heavy (non-hydrogen) atoms. The lowest BCUT2D eigenvalue weighted by molar-refractivity contribution is -0.111. The molecule has 0 atom stereocenters. The minimum Gasteiger partial charge on any atom is -0.322 e. The molecule has 1 heterocycles. The number of rotatable bonds is 3. The molecule has 0 aliphatic rings. The number of hydrogen-bond acceptors (Lipinski definition) is 3. The van der Waals surface area contributed by atoms with Gasteiger partial charge in [0, 0.05) is 5.69 Å². The van der Waals surface area contributed by atoms with Crippen molar-refractivity contribution in [1.29, 1.82) is 0 Å². The van der Waals surface area contributed by atoms with Crippen LogP contribution in [0.5, 0.6) is 0 Å². The Morgan fingerprint density at radius 3 is 2.94 bits per heavy atom. The zero-order valence-corrected chi connectivity index (χ0v) is 8.80. The molecule has 6 heteroatoms. The molecule has 1 N–H and O–H groups in total. The van der Waals surface area contributed by atoms with Gasteiger partial charge >= 0.3 is 0 Å². The Labute approximate surface area is 96.6 Å². The van der Waals surface area contributed by atoms with Crippen LogP contribution in [0.3, 0.4) is 0 Å². The van der Waals surface area contributed by atoms with Crippen molar-refractivity contribution in [3.05, 3.63) is 49.3 Å². The van der Waals surface area contributed by atoms with E-state index in [9.17, 15) is 9.18 Å². The van der Waals surface area contributed by atoms with Crippen molar-refractivity contribution in [2.45, 2.75) is 0 Å². The predicted octanol–water partition coefficient (Wildman–Crippen LogP) is 1.53. The second kappa shape index (κ2) is 4.56. The normalized spacial score (nSPS) is 9.94. The van der Waals surface area contributed by atoms with Crippen molar-refractivity contribution in [2.24, 2.45) is 0 Å². The van der Waals surface area contributed by atoms with Gasteiger partial charge in [0.25, 0.3) is 0 Å². The highest BCUT2D eigenvalue weighted by atomic mass is 19.1. The SMILES string of the molecule is C=CC(=O)Nc1ccc(-n2cncn2)c(F)c1. The molecule has 0 aliphatic carbocycles. The van der Waals surface area contributed by atoms with Gasteiger partial charge in [-0.1, -0.05) is 6.58 Å². The number of hydrogen-bond donors (Lipinski definition) is 1. The van der Waals surface area contributed by atoms with E-state index in [1.165, 1.54) is 29.5 Å². The fraction of sp³-hybridized carbons (Fsp3) is 0. The van der Waals surface area contributed by atoms with Crippen molar-refractivity contribution in [1.82, 2.24) is 14.8 Å². The summed E-state index contributed by atoms with van der Waals surface area (Å²) in [5, 5.41) is 6.28. The minimum absolute atomic E-state index is 0.263. The summed E-state index contributed by atoms with van der Waals surface area (Å²) in [7, 11) is 0. The first-order valence-corrected chi connectivity index (χ1v) is 4.78. The fourth-order valence-electron chi connectivity index (χ4n) is 1.30. The lowest BCUT2D eigenvalue weighted by atomic mass is 10.2. The molecular weight excluding hydrogens is 223 g/mol. The molecule has 0 saturated heterocycles. The second-order valence-electron chi connectivity index (χ2n) is 3.20. The number of benzene rings is 1. The number of anilines is 1. The van der Waals surface area contributed by atoms with Crippen LogP contribution in [-0.4, -0.2) is 20.7 Å². The number of amides is 1. The van der Waals surface area contributed by atoms with Crippen LogP contribution in [0.4, 0.5) is 10.1 Å². The van der Waals surface area contributed by atoms with E-state index in [2.05, 4.69) is 22.0 Å². The van der Waals surface area contributed by atoms with Gasteiger partial charge in [0.1, 0.15) is 18.3 Å². The molecular formula is C11H9FN4O. The van der Waals surface area contributed by atoms with Gasteiger partial charge in [-0.3, -0.25) is 4.79 Å². The van der Waals surface area contributed by atoms with E-state index < -0.39 is 11.7 Å². The van der Waals surface area contributed by atoms with E-state index >= 15 is 0 Å². The van der Waals surface area contributed by atoms with Crippen molar-refractivity contribution >= 4 is 11.6 Å². The first-order chi connectivity index (χ1) is 8.20. The number of nitrogens with zero attached hydrogens (tertiary/aromatic N) is 3. The molecule has 0 aliphatic heterocycles. The molecule has 86 valence electrons. The number of aromatic nitrogens is 3. The molecule has 0 fully saturated rings. The summed E-state index contributed by atoms with van der Waals surface area (Å²) < 4.78 is 15.0. The summed E-state index contributed by atoms with van der Waals surface area (Å²) in [5.74, 6) is -0.893. The average Bonchev–Trinajstić information content (AvgIpc) is 2.82. The summed E-state index contributed by atoms with van der Waals surface area (Å²) in [4.78, 5) is 14.8. The van der Waals surface area contributed by atoms with E-state index in [1.807, 2.05) is 0 Å². The fourth-order valence-corrected chi connectivity index (χ4v) is 1.30. The average molecular weight is 232 g/mol. The van der Waals surface area contributed by atoms with Gasteiger partial charge in [-0.05, 0) is 24.3 Å². The summed E-state index contributed by atoms with van der Waals surface area (Å²) in [5.41, 5.74) is 0.621. The Balaban J connectivity index is 2.29. The van der Waals surface area contributed by atoms with Crippen LogP contribution in [0, 0.1) is 5.82 Å². The molecule has 2 rings (SSSR count). The maximum atomic E-state index is 13.7. The highest BCUT2D eigenvalue weighted by molar-refractivity contribution is 5.98. The molecule has 0 radical (unpaired) electrons. The van der Waals surface area contributed by atoms with Gasteiger partial charge in [0.05, 0.1) is 0 Å². The molecule has 5 nitrogen and oxygen atoms in total. The van der Waals surface area contributed by atoms with Crippen molar-refractivity contribution < 1.29 is 9.18 Å². The van der Waals surface area contributed by atoms with Gasteiger partial charge in [-0.15, -0.1) is 0 Å². The van der Waals surface area contributed by atoms with Gasteiger partial charge < -0.3 is 5.32 Å². The van der Waals surface area contributed by atoms with E-state index in [-0.39, 0.29) is 5.69 Å². The zero-order valence-electron chi connectivity index (χ0n) is 8.80. The molecule has 1 amide bonds. The first kappa shape index (κ1) is 11.0. The van der Waals surface area contributed by atoms with Crippen LogP contribution in [0.15, 0.2) is 43.5 Å². The molecule has 0 bridgehead atoms. The van der Waals surface area contributed by atoms with Crippen LogP contribution < -0.4 is 5.32 Å². The minimum atomic E-state index is -0.502. The molecule has 1 aromatic heterocycles. The third-order valence-corrected chi connectivity index (χ3v) is 2.07. The molecule has 1 aromatic carbocycles. The Hall–Kier alpha value is -2.50. The molecule has 0 saturated carbocycles. The standard InChI is InChI=1S/C11H9FN4O/c1-2-11(17)15-8-3-4-10(9(12)5-8)16-7-13-6-14-16/h2-7H,1H2,(H,15,17). The molecule has 2 aromatic rings.